The summed E-state index contributed by atoms with van der Waals surface area (Å²) in [7, 11) is 0. The minimum Gasteiger partial charge on any atom is -0.491 e. The summed E-state index contributed by atoms with van der Waals surface area (Å²) in [4.78, 5) is 23.9. The van der Waals surface area contributed by atoms with Gasteiger partial charge in [-0.15, -0.1) is 0 Å². The topological polar surface area (TPSA) is 75.6 Å². The second kappa shape index (κ2) is 11.7. The van der Waals surface area contributed by atoms with Gasteiger partial charge in [0, 0.05) is 18.4 Å². The summed E-state index contributed by atoms with van der Waals surface area (Å²) in [5.74, 6) is 0.993. The van der Waals surface area contributed by atoms with Crippen LogP contribution in [-0.2, 0) is 9.59 Å². The Hall–Kier alpha value is -2.40. The average Bonchev–Trinajstić information content (AvgIpc) is 3.49. The molecule has 1 aromatic carbocycles. The predicted molar refractivity (Wildman–Crippen MR) is 117 cm³/mol. The van der Waals surface area contributed by atoms with E-state index in [1.807, 2.05) is 42.5 Å². The number of carbonyl (C=O) groups is 2. The number of rotatable bonds is 13. The molecule has 0 heterocycles. The van der Waals surface area contributed by atoms with Crippen LogP contribution in [0.1, 0.15) is 51.4 Å². The number of nitrogens with one attached hydrogen (secondary N) is 1. The number of allylic oxidation sites excluding steroid dienone is 3. The van der Waals surface area contributed by atoms with Gasteiger partial charge < -0.3 is 15.2 Å². The molecule has 1 amide bonds. The third-order valence-corrected chi connectivity index (χ3v) is 5.64. The molecule has 3 rings (SSSR count). The van der Waals surface area contributed by atoms with Crippen LogP contribution in [0.25, 0.3) is 0 Å². The Morgan fingerprint density at radius 2 is 1.93 bits per heavy atom. The molecule has 0 saturated heterocycles. The lowest BCUT2D eigenvalue weighted by molar-refractivity contribution is -0.121. The van der Waals surface area contributed by atoms with Crippen molar-refractivity contribution in [2.45, 2.75) is 63.5 Å². The third kappa shape index (κ3) is 7.79. The normalized spacial score (nSPS) is 21.8. The molecule has 0 bridgehead atoms. The van der Waals surface area contributed by atoms with Crippen molar-refractivity contribution in [2.24, 2.45) is 11.8 Å². The summed E-state index contributed by atoms with van der Waals surface area (Å²) in [5.41, 5.74) is 0. The van der Waals surface area contributed by atoms with Crippen molar-refractivity contribution in [3.63, 3.8) is 0 Å². The fourth-order valence-electron chi connectivity index (χ4n) is 3.72. The lowest BCUT2D eigenvalue weighted by Gasteiger charge is -2.15. The Morgan fingerprint density at radius 3 is 2.70 bits per heavy atom. The highest BCUT2D eigenvalue weighted by Gasteiger charge is 2.27. The van der Waals surface area contributed by atoms with Crippen LogP contribution < -0.4 is 10.1 Å². The molecule has 0 radical (unpaired) electrons. The number of hydrogen-bond acceptors (Lipinski definition) is 4. The van der Waals surface area contributed by atoms with E-state index in [0.29, 0.717) is 18.2 Å². The smallest absolute Gasteiger partial charge is 0.220 e. The Labute approximate surface area is 179 Å². The van der Waals surface area contributed by atoms with Gasteiger partial charge in [0.05, 0.1) is 0 Å². The summed E-state index contributed by atoms with van der Waals surface area (Å²) in [6.07, 6.45) is 14.3. The Balaban J connectivity index is 1.31. The van der Waals surface area contributed by atoms with Gasteiger partial charge in [0.15, 0.2) is 5.78 Å². The summed E-state index contributed by atoms with van der Waals surface area (Å²) < 4.78 is 5.55. The van der Waals surface area contributed by atoms with Gasteiger partial charge in [-0.1, -0.05) is 55.7 Å². The SMILES string of the molecule is O=C(CCCCCC[C@H]1C=CC(=O)[C@@H]1/C=C/[C@@H](O)COc1ccccc1)NC1CC1. The molecule has 1 aromatic rings. The second-order valence-electron chi connectivity index (χ2n) is 8.32. The minimum atomic E-state index is -0.749. The van der Waals surface area contributed by atoms with Crippen LogP contribution in [0.3, 0.4) is 0 Å². The third-order valence-electron chi connectivity index (χ3n) is 5.64. The van der Waals surface area contributed by atoms with Crippen LogP contribution in [0.2, 0.25) is 0 Å². The van der Waals surface area contributed by atoms with E-state index in [9.17, 15) is 14.7 Å². The molecule has 1 fully saturated rings. The van der Waals surface area contributed by atoms with Crippen molar-refractivity contribution in [2.75, 3.05) is 6.61 Å². The molecule has 2 aliphatic rings. The molecule has 2 N–H and O–H groups in total. The van der Waals surface area contributed by atoms with Crippen LogP contribution in [0.15, 0.2) is 54.6 Å². The standard InChI is InChI=1S/C25H33NO4/c27-21(18-30-22-9-5-3-6-10-22)15-16-23-19(12-17-24(23)28)8-4-1-2-7-11-25(29)26-20-13-14-20/h3,5-6,9-10,12,15-17,19-21,23,27H,1-2,4,7-8,11,13-14,18H2,(H,26,29)/b16-15+/t19-,21+,23+/m0/s1. The molecule has 0 spiro atoms. The van der Waals surface area contributed by atoms with E-state index >= 15 is 0 Å². The Morgan fingerprint density at radius 1 is 1.17 bits per heavy atom. The quantitative estimate of drug-likeness (QED) is 0.380. The number of unbranched alkanes of at least 4 members (excludes halogenated alkanes) is 3. The van der Waals surface area contributed by atoms with Gasteiger partial charge >= 0.3 is 0 Å². The van der Waals surface area contributed by atoms with Gasteiger partial charge in [-0.05, 0) is 49.8 Å². The number of aliphatic hydroxyl groups excluding tert-OH is 1. The molecule has 3 atom stereocenters. The number of ether oxygens (including phenoxy) is 1. The predicted octanol–water partition coefficient (Wildman–Crippen LogP) is 3.97. The first-order valence-corrected chi connectivity index (χ1v) is 11.2. The Kier molecular flexibility index (Phi) is 8.69. The van der Waals surface area contributed by atoms with E-state index in [-0.39, 0.29) is 30.1 Å². The van der Waals surface area contributed by atoms with Crippen LogP contribution in [0.4, 0.5) is 0 Å². The highest BCUT2D eigenvalue weighted by Crippen LogP contribution is 2.29. The van der Waals surface area contributed by atoms with Crippen molar-refractivity contribution in [1.29, 1.82) is 0 Å². The molecular formula is C25H33NO4. The minimum absolute atomic E-state index is 0.101. The maximum Gasteiger partial charge on any atom is 0.220 e. The highest BCUT2D eigenvalue weighted by atomic mass is 16.5. The zero-order valence-electron chi connectivity index (χ0n) is 17.5. The number of para-hydroxylation sites is 1. The van der Waals surface area contributed by atoms with E-state index in [1.54, 1.807) is 12.2 Å². The van der Waals surface area contributed by atoms with Gasteiger partial charge in [-0.25, -0.2) is 0 Å². The number of benzene rings is 1. The molecule has 0 unspecified atom stereocenters. The molecule has 0 aromatic heterocycles. The zero-order valence-corrected chi connectivity index (χ0v) is 17.5. The maximum atomic E-state index is 12.2. The van der Waals surface area contributed by atoms with E-state index < -0.39 is 6.10 Å². The average molecular weight is 412 g/mol. The first-order chi connectivity index (χ1) is 14.6. The van der Waals surface area contributed by atoms with Crippen LogP contribution in [0.5, 0.6) is 5.75 Å². The van der Waals surface area contributed by atoms with Gasteiger partial charge in [-0.2, -0.15) is 0 Å². The molecule has 1 saturated carbocycles. The van der Waals surface area contributed by atoms with Crippen molar-refractivity contribution in [3.05, 3.63) is 54.6 Å². The summed E-state index contributed by atoms with van der Waals surface area (Å²) in [6, 6.07) is 9.81. The number of ketones is 1. The molecule has 0 aliphatic heterocycles. The Bertz CT molecular complexity index is 739. The zero-order chi connectivity index (χ0) is 21.2. The van der Waals surface area contributed by atoms with E-state index in [1.165, 1.54) is 0 Å². The van der Waals surface area contributed by atoms with Gasteiger partial charge in [-0.3, -0.25) is 9.59 Å². The maximum absolute atomic E-state index is 12.2. The van der Waals surface area contributed by atoms with Crippen molar-refractivity contribution in [1.82, 2.24) is 5.32 Å². The monoisotopic (exact) mass is 411 g/mol. The summed E-state index contributed by atoms with van der Waals surface area (Å²) in [6.45, 7) is 0.161. The van der Waals surface area contributed by atoms with Crippen LogP contribution in [0, 0.1) is 11.8 Å². The number of hydrogen-bond donors (Lipinski definition) is 2. The van der Waals surface area contributed by atoms with Crippen molar-refractivity contribution < 1.29 is 19.4 Å². The summed E-state index contributed by atoms with van der Waals surface area (Å²) in [5, 5.41) is 13.2. The molecule has 5 nitrogen and oxygen atoms in total. The van der Waals surface area contributed by atoms with Crippen molar-refractivity contribution >= 4 is 11.7 Å². The van der Waals surface area contributed by atoms with E-state index in [4.69, 9.17) is 4.74 Å². The highest BCUT2D eigenvalue weighted by molar-refractivity contribution is 5.95. The number of aliphatic hydroxyl groups is 1. The fraction of sp³-hybridized carbons (Fsp3) is 0.520. The lowest BCUT2D eigenvalue weighted by atomic mass is 9.89. The van der Waals surface area contributed by atoms with Gasteiger partial charge in [0.25, 0.3) is 0 Å². The fourth-order valence-corrected chi connectivity index (χ4v) is 3.72. The molecular weight excluding hydrogens is 378 g/mol. The van der Waals surface area contributed by atoms with Gasteiger partial charge in [0.2, 0.25) is 5.91 Å². The number of carbonyl (C=O) groups excluding carboxylic acids is 2. The summed E-state index contributed by atoms with van der Waals surface area (Å²) >= 11 is 0. The lowest BCUT2D eigenvalue weighted by Crippen LogP contribution is -2.24. The van der Waals surface area contributed by atoms with Crippen LogP contribution >= 0.6 is 0 Å². The first-order valence-electron chi connectivity index (χ1n) is 11.2. The molecule has 162 valence electrons. The number of amides is 1. The van der Waals surface area contributed by atoms with E-state index in [2.05, 4.69) is 5.32 Å². The molecule has 2 aliphatic carbocycles. The van der Waals surface area contributed by atoms with Gasteiger partial charge in [0.1, 0.15) is 18.5 Å². The molecule has 30 heavy (non-hydrogen) atoms. The largest absolute Gasteiger partial charge is 0.491 e. The van der Waals surface area contributed by atoms with E-state index in [0.717, 1.165) is 44.9 Å². The molecule has 5 heteroatoms. The van der Waals surface area contributed by atoms with Crippen molar-refractivity contribution in [3.8, 4) is 5.75 Å². The first kappa shape index (κ1) is 22.3. The van der Waals surface area contributed by atoms with Crippen LogP contribution in [-0.4, -0.2) is 35.5 Å². The second-order valence-corrected chi connectivity index (χ2v) is 8.32.